The fourth-order valence-electron chi connectivity index (χ4n) is 1.93. The standard InChI is InChI=1S/C13H13FN2O3/c14-9-4-1-2-5-10(9)18-8-12-15-13(19-16-12)11-6-3-7-17-11/h1-2,4-5,11H,3,6-8H2. The van der Waals surface area contributed by atoms with Crippen LogP contribution < -0.4 is 4.74 Å². The minimum atomic E-state index is -0.412. The number of hydrogen-bond acceptors (Lipinski definition) is 5. The molecule has 19 heavy (non-hydrogen) atoms. The Morgan fingerprint density at radius 2 is 2.26 bits per heavy atom. The van der Waals surface area contributed by atoms with Gasteiger partial charge in [-0.3, -0.25) is 0 Å². The van der Waals surface area contributed by atoms with Crippen molar-refractivity contribution in [3.8, 4) is 5.75 Å². The lowest BCUT2D eigenvalue weighted by Crippen LogP contribution is -2.00. The van der Waals surface area contributed by atoms with Crippen molar-refractivity contribution in [3.63, 3.8) is 0 Å². The topological polar surface area (TPSA) is 57.4 Å². The van der Waals surface area contributed by atoms with E-state index in [0.29, 0.717) is 18.3 Å². The van der Waals surface area contributed by atoms with E-state index in [2.05, 4.69) is 10.1 Å². The molecule has 1 fully saturated rings. The average Bonchev–Trinajstić information content (AvgIpc) is 3.09. The van der Waals surface area contributed by atoms with Gasteiger partial charge < -0.3 is 14.0 Å². The van der Waals surface area contributed by atoms with Crippen LogP contribution in [0, 0.1) is 5.82 Å². The molecule has 1 aliphatic rings. The normalized spacial score (nSPS) is 18.7. The number of ether oxygens (including phenoxy) is 2. The Hall–Kier alpha value is -1.95. The van der Waals surface area contributed by atoms with Gasteiger partial charge in [0.25, 0.3) is 5.89 Å². The number of halogens is 1. The maximum Gasteiger partial charge on any atom is 0.255 e. The van der Waals surface area contributed by atoms with Gasteiger partial charge in [-0.05, 0) is 25.0 Å². The Labute approximate surface area is 109 Å². The zero-order chi connectivity index (χ0) is 13.1. The summed E-state index contributed by atoms with van der Waals surface area (Å²) in [5.41, 5.74) is 0. The first-order valence-corrected chi connectivity index (χ1v) is 6.14. The highest BCUT2D eigenvalue weighted by Crippen LogP contribution is 2.27. The van der Waals surface area contributed by atoms with Crippen LogP contribution in [0.15, 0.2) is 28.8 Å². The third-order valence-corrected chi connectivity index (χ3v) is 2.88. The highest BCUT2D eigenvalue weighted by molar-refractivity contribution is 5.23. The lowest BCUT2D eigenvalue weighted by atomic mass is 10.2. The summed E-state index contributed by atoms with van der Waals surface area (Å²) in [6.45, 7) is 0.783. The maximum absolute atomic E-state index is 13.3. The molecule has 1 saturated heterocycles. The second-order valence-electron chi connectivity index (χ2n) is 4.27. The van der Waals surface area contributed by atoms with Crippen molar-refractivity contribution >= 4 is 0 Å². The Kier molecular flexibility index (Phi) is 3.41. The van der Waals surface area contributed by atoms with Gasteiger partial charge in [0.15, 0.2) is 18.2 Å². The molecule has 1 aromatic carbocycles. The van der Waals surface area contributed by atoms with Gasteiger partial charge in [-0.2, -0.15) is 4.98 Å². The smallest absolute Gasteiger partial charge is 0.255 e. The average molecular weight is 264 g/mol. The first kappa shape index (κ1) is 12.1. The Morgan fingerprint density at radius 1 is 1.37 bits per heavy atom. The van der Waals surface area contributed by atoms with Crippen LogP contribution in [-0.4, -0.2) is 16.7 Å². The Bertz CT molecular complexity index is 552. The summed E-state index contributed by atoms with van der Waals surface area (Å²) in [6, 6.07) is 6.19. The molecule has 0 saturated carbocycles. The van der Waals surface area contributed by atoms with E-state index in [0.717, 1.165) is 12.8 Å². The van der Waals surface area contributed by atoms with Gasteiger partial charge in [0, 0.05) is 6.61 Å². The van der Waals surface area contributed by atoms with E-state index in [-0.39, 0.29) is 18.5 Å². The molecule has 0 aliphatic carbocycles. The van der Waals surface area contributed by atoms with Crippen LogP contribution in [0.5, 0.6) is 5.75 Å². The highest BCUT2D eigenvalue weighted by atomic mass is 19.1. The quantitative estimate of drug-likeness (QED) is 0.849. The van der Waals surface area contributed by atoms with Crippen molar-refractivity contribution in [2.24, 2.45) is 0 Å². The molecular weight excluding hydrogens is 251 g/mol. The molecule has 5 nitrogen and oxygen atoms in total. The van der Waals surface area contributed by atoms with Crippen LogP contribution in [0.1, 0.15) is 30.7 Å². The van der Waals surface area contributed by atoms with E-state index >= 15 is 0 Å². The molecule has 1 aliphatic heterocycles. The van der Waals surface area contributed by atoms with E-state index in [1.807, 2.05) is 0 Å². The van der Waals surface area contributed by atoms with Crippen molar-refractivity contribution < 1.29 is 18.4 Å². The SMILES string of the molecule is Fc1ccccc1OCc1noc(C2CCCO2)n1. The lowest BCUT2D eigenvalue weighted by molar-refractivity contribution is 0.0835. The number of hydrogen-bond donors (Lipinski definition) is 0. The minimum Gasteiger partial charge on any atom is -0.482 e. The second-order valence-corrected chi connectivity index (χ2v) is 4.27. The summed E-state index contributed by atoms with van der Waals surface area (Å²) in [5, 5.41) is 3.79. The molecular formula is C13H13FN2O3. The minimum absolute atomic E-state index is 0.0666. The molecule has 0 spiro atoms. The molecule has 100 valence electrons. The summed E-state index contributed by atoms with van der Waals surface area (Å²) in [4.78, 5) is 4.19. The third kappa shape index (κ3) is 2.73. The van der Waals surface area contributed by atoms with Crippen LogP contribution in [0.4, 0.5) is 4.39 Å². The van der Waals surface area contributed by atoms with Gasteiger partial charge >= 0.3 is 0 Å². The van der Waals surface area contributed by atoms with Gasteiger partial charge in [0.1, 0.15) is 6.10 Å². The van der Waals surface area contributed by atoms with Gasteiger partial charge in [-0.1, -0.05) is 17.3 Å². The second kappa shape index (κ2) is 5.36. The summed E-state index contributed by atoms with van der Waals surface area (Å²) in [6.07, 6.45) is 1.76. The van der Waals surface area contributed by atoms with Gasteiger partial charge in [0.05, 0.1) is 0 Å². The first-order chi connectivity index (χ1) is 9.33. The van der Waals surface area contributed by atoms with E-state index in [1.54, 1.807) is 18.2 Å². The molecule has 0 amide bonds. The van der Waals surface area contributed by atoms with E-state index < -0.39 is 5.82 Å². The van der Waals surface area contributed by atoms with E-state index in [1.165, 1.54) is 6.07 Å². The van der Waals surface area contributed by atoms with Crippen LogP contribution >= 0.6 is 0 Å². The summed E-state index contributed by atoms with van der Waals surface area (Å²) in [7, 11) is 0. The fourth-order valence-corrected chi connectivity index (χ4v) is 1.93. The molecule has 0 bridgehead atoms. The molecule has 0 radical (unpaired) electrons. The van der Waals surface area contributed by atoms with Gasteiger partial charge in [-0.15, -0.1) is 0 Å². The monoisotopic (exact) mass is 264 g/mol. The summed E-state index contributed by atoms with van der Waals surface area (Å²) < 4.78 is 29.2. The highest BCUT2D eigenvalue weighted by Gasteiger charge is 2.23. The van der Waals surface area contributed by atoms with Crippen LogP contribution in [0.25, 0.3) is 0 Å². The zero-order valence-corrected chi connectivity index (χ0v) is 10.2. The molecule has 1 unspecified atom stereocenters. The van der Waals surface area contributed by atoms with Crippen molar-refractivity contribution in [3.05, 3.63) is 41.8 Å². The zero-order valence-electron chi connectivity index (χ0n) is 10.2. The largest absolute Gasteiger partial charge is 0.482 e. The van der Waals surface area contributed by atoms with Crippen molar-refractivity contribution in [1.29, 1.82) is 0 Å². The fraction of sp³-hybridized carbons (Fsp3) is 0.385. The molecule has 3 rings (SSSR count). The van der Waals surface area contributed by atoms with Crippen LogP contribution in [0.3, 0.4) is 0 Å². The molecule has 6 heteroatoms. The van der Waals surface area contributed by atoms with Crippen LogP contribution in [-0.2, 0) is 11.3 Å². The first-order valence-electron chi connectivity index (χ1n) is 6.14. The number of nitrogens with zero attached hydrogens (tertiary/aromatic N) is 2. The summed E-state index contributed by atoms with van der Waals surface area (Å²) in [5.74, 6) is 0.606. The third-order valence-electron chi connectivity index (χ3n) is 2.88. The van der Waals surface area contributed by atoms with Gasteiger partial charge in [0.2, 0.25) is 5.82 Å². The molecule has 1 atom stereocenters. The predicted octanol–water partition coefficient (Wildman–Crippen LogP) is 2.64. The summed E-state index contributed by atoms with van der Waals surface area (Å²) >= 11 is 0. The molecule has 2 heterocycles. The van der Waals surface area contributed by atoms with Crippen molar-refractivity contribution in [2.45, 2.75) is 25.6 Å². The number of benzene rings is 1. The maximum atomic E-state index is 13.3. The van der Waals surface area contributed by atoms with Crippen LogP contribution in [0.2, 0.25) is 0 Å². The van der Waals surface area contributed by atoms with Gasteiger partial charge in [-0.25, -0.2) is 4.39 Å². The number of para-hydroxylation sites is 1. The Balaban J connectivity index is 1.63. The number of aromatic nitrogens is 2. The number of rotatable bonds is 4. The molecule has 1 aromatic heterocycles. The lowest BCUT2D eigenvalue weighted by Gasteiger charge is -2.03. The Morgan fingerprint density at radius 3 is 3.05 bits per heavy atom. The molecule has 0 N–H and O–H groups in total. The van der Waals surface area contributed by atoms with Crippen molar-refractivity contribution in [2.75, 3.05) is 6.61 Å². The molecule has 2 aromatic rings. The van der Waals surface area contributed by atoms with E-state index in [4.69, 9.17) is 14.0 Å². The van der Waals surface area contributed by atoms with E-state index in [9.17, 15) is 4.39 Å². The predicted molar refractivity (Wildman–Crippen MR) is 63.0 cm³/mol. The van der Waals surface area contributed by atoms with Crippen molar-refractivity contribution in [1.82, 2.24) is 10.1 Å².